The van der Waals surface area contributed by atoms with Crippen LogP contribution in [0.15, 0.2) is 22.8 Å². The second-order valence-corrected chi connectivity index (χ2v) is 5.91. The summed E-state index contributed by atoms with van der Waals surface area (Å²) in [6, 6.07) is 4.67. The first-order valence-corrected chi connectivity index (χ1v) is 6.82. The fourth-order valence-corrected chi connectivity index (χ4v) is 2.59. The summed E-state index contributed by atoms with van der Waals surface area (Å²) >= 11 is 10.2. The van der Waals surface area contributed by atoms with Crippen LogP contribution in [0.1, 0.15) is 10.4 Å². The molecule has 0 saturated heterocycles. The smallest absolute Gasteiger partial charge is 0.183 e. The van der Waals surface area contributed by atoms with Crippen LogP contribution in [0.2, 0.25) is 4.47 Å². The number of nitrogens with one attached hydrogen (secondary N) is 1. The predicted molar refractivity (Wildman–Crippen MR) is 73.3 cm³/mol. The molecule has 0 bridgehead atoms. The summed E-state index contributed by atoms with van der Waals surface area (Å²) in [5, 5.41) is 12.0. The van der Waals surface area contributed by atoms with Crippen molar-refractivity contribution in [2.24, 2.45) is 0 Å². The molecular weight excluding hydrogens is 341 g/mol. The van der Waals surface area contributed by atoms with Crippen molar-refractivity contribution < 1.29 is 4.39 Å². The van der Waals surface area contributed by atoms with E-state index in [1.165, 1.54) is 23.5 Å². The van der Waals surface area contributed by atoms with Crippen molar-refractivity contribution in [2.75, 3.05) is 5.32 Å². The molecule has 0 fully saturated rings. The lowest BCUT2D eigenvalue weighted by molar-refractivity contribution is 0.621. The summed E-state index contributed by atoms with van der Waals surface area (Å²) in [7, 11) is 0. The summed E-state index contributed by atoms with van der Waals surface area (Å²) in [6.45, 7) is 0.483. The average Bonchev–Trinajstić information content (AvgIpc) is 2.76. The molecule has 1 N–H and O–H groups in total. The highest BCUT2D eigenvalue weighted by Gasteiger charge is 2.08. The van der Waals surface area contributed by atoms with Gasteiger partial charge in [-0.1, -0.05) is 11.6 Å². The van der Waals surface area contributed by atoms with E-state index in [1.54, 1.807) is 6.20 Å². The Hall–Kier alpha value is -1.16. The largest absolute Gasteiger partial charge is 0.379 e. The fraction of sp³-hybridized carbons (Fsp3) is 0.0909. The summed E-state index contributed by atoms with van der Waals surface area (Å²) in [5.41, 5.74) is 0.821. The number of hydrogen-bond acceptors (Lipinski definition) is 4. The zero-order chi connectivity index (χ0) is 13.1. The SMILES string of the molecule is N#Cc1cc(F)c(Br)cc1NCc1cnc(Cl)s1. The minimum atomic E-state index is -0.460. The first kappa shape index (κ1) is 13.3. The molecule has 1 heterocycles. The molecule has 0 unspecified atom stereocenters. The maximum atomic E-state index is 13.3. The zero-order valence-corrected chi connectivity index (χ0v) is 12.0. The molecule has 0 radical (unpaired) electrons. The van der Waals surface area contributed by atoms with Crippen molar-refractivity contribution in [1.82, 2.24) is 4.98 Å². The zero-order valence-electron chi connectivity index (χ0n) is 8.88. The standard InChI is InChI=1S/C11H6BrClFN3S/c12-8-2-10(6(3-15)1-9(8)14)16-4-7-5-17-11(13)18-7/h1-2,5,16H,4H2. The number of thiazole rings is 1. The molecule has 3 nitrogen and oxygen atoms in total. The molecule has 0 atom stereocenters. The first-order chi connectivity index (χ1) is 8.60. The Morgan fingerprint density at radius 1 is 1.56 bits per heavy atom. The minimum Gasteiger partial charge on any atom is -0.379 e. The minimum absolute atomic E-state index is 0.256. The van der Waals surface area contributed by atoms with Crippen LogP contribution in [0.5, 0.6) is 0 Å². The molecule has 18 heavy (non-hydrogen) atoms. The third-order valence-electron chi connectivity index (χ3n) is 2.16. The molecule has 0 amide bonds. The van der Waals surface area contributed by atoms with Crippen molar-refractivity contribution in [3.05, 3.63) is 43.5 Å². The van der Waals surface area contributed by atoms with Crippen LogP contribution in [0.4, 0.5) is 10.1 Å². The number of nitriles is 1. The van der Waals surface area contributed by atoms with Gasteiger partial charge >= 0.3 is 0 Å². The quantitative estimate of drug-likeness (QED) is 0.907. The molecule has 92 valence electrons. The van der Waals surface area contributed by atoms with Crippen molar-refractivity contribution in [2.45, 2.75) is 6.54 Å². The second kappa shape index (κ2) is 5.65. The van der Waals surface area contributed by atoms with Crippen molar-refractivity contribution >= 4 is 44.6 Å². The van der Waals surface area contributed by atoms with E-state index in [4.69, 9.17) is 16.9 Å². The Morgan fingerprint density at radius 3 is 2.94 bits per heavy atom. The Bertz CT molecular complexity index is 623. The van der Waals surface area contributed by atoms with Crippen molar-refractivity contribution in [3.8, 4) is 6.07 Å². The van der Waals surface area contributed by atoms with E-state index in [2.05, 4.69) is 26.2 Å². The molecule has 1 aromatic heterocycles. The van der Waals surface area contributed by atoms with Gasteiger partial charge in [0.05, 0.1) is 22.3 Å². The number of aromatic nitrogens is 1. The Kier molecular flexibility index (Phi) is 4.17. The lowest BCUT2D eigenvalue weighted by Gasteiger charge is -2.07. The molecule has 0 aliphatic rings. The van der Waals surface area contributed by atoms with Gasteiger partial charge in [0, 0.05) is 11.1 Å². The van der Waals surface area contributed by atoms with Crippen LogP contribution < -0.4 is 5.32 Å². The van der Waals surface area contributed by atoms with Crippen LogP contribution in [0.3, 0.4) is 0 Å². The highest BCUT2D eigenvalue weighted by Crippen LogP contribution is 2.25. The van der Waals surface area contributed by atoms with Gasteiger partial charge < -0.3 is 5.32 Å². The molecule has 0 spiro atoms. The third-order valence-corrected chi connectivity index (χ3v) is 3.88. The van der Waals surface area contributed by atoms with Gasteiger partial charge in [-0.25, -0.2) is 9.37 Å². The van der Waals surface area contributed by atoms with E-state index < -0.39 is 5.82 Å². The van der Waals surface area contributed by atoms with Gasteiger partial charge in [-0.3, -0.25) is 0 Å². The number of rotatable bonds is 3. The number of benzene rings is 1. The molecule has 1 aromatic carbocycles. The Balaban J connectivity index is 2.19. The number of nitrogens with zero attached hydrogens (tertiary/aromatic N) is 2. The van der Waals surface area contributed by atoms with E-state index in [0.29, 0.717) is 21.2 Å². The number of halogens is 3. The van der Waals surface area contributed by atoms with Crippen molar-refractivity contribution in [3.63, 3.8) is 0 Å². The molecule has 0 aliphatic carbocycles. The van der Waals surface area contributed by atoms with Gasteiger partial charge in [-0.05, 0) is 28.1 Å². The summed E-state index contributed by atoms with van der Waals surface area (Å²) < 4.78 is 14.0. The molecule has 2 rings (SSSR count). The van der Waals surface area contributed by atoms with Crippen LogP contribution in [0, 0.1) is 17.1 Å². The Morgan fingerprint density at radius 2 is 2.33 bits per heavy atom. The molecule has 0 saturated carbocycles. The Labute approximate surface area is 120 Å². The van der Waals surface area contributed by atoms with E-state index in [-0.39, 0.29) is 5.56 Å². The van der Waals surface area contributed by atoms with Crippen LogP contribution in [-0.4, -0.2) is 4.98 Å². The predicted octanol–water partition coefficient (Wildman–Crippen LogP) is 4.18. The highest BCUT2D eigenvalue weighted by atomic mass is 79.9. The normalized spacial score (nSPS) is 10.1. The van der Waals surface area contributed by atoms with Gasteiger partial charge in [0.2, 0.25) is 0 Å². The summed E-state index contributed by atoms with van der Waals surface area (Å²) in [5.74, 6) is -0.460. The average molecular weight is 347 g/mol. The van der Waals surface area contributed by atoms with Gasteiger partial charge in [-0.2, -0.15) is 5.26 Å². The lowest BCUT2D eigenvalue weighted by atomic mass is 10.2. The van der Waals surface area contributed by atoms with Gasteiger partial charge in [0.15, 0.2) is 4.47 Å². The topological polar surface area (TPSA) is 48.7 Å². The van der Waals surface area contributed by atoms with E-state index in [9.17, 15) is 4.39 Å². The van der Waals surface area contributed by atoms with Crippen molar-refractivity contribution in [1.29, 1.82) is 5.26 Å². The third kappa shape index (κ3) is 2.99. The second-order valence-electron chi connectivity index (χ2n) is 3.36. The monoisotopic (exact) mass is 345 g/mol. The first-order valence-electron chi connectivity index (χ1n) is 4.83. The molecule has 7 heteroatoms. The lowest BCUT2D eigenvalue weighted by Crippen LogP contribution is -2.00. The molecular formula is C11H6BrClFN3S. The summed E-state index contributed by atoms with van der Waals surface area (Å²) in [6.07, 6.45) is 1.66. The van der Waals surface area contributed by atoms with Crippen LogP contribution in [0.25, 0.3) is 0 Å². The van der Waals surface area contributed by atoms with Gasteiger partial charge in [-0.15, -0.1) is 11.3 Å². The molecule has 0 aliphatic heterocycles. The summed E-state index contributed by atoms with van der Waals surface area (Å²) in [4.78, 5) is 4.85. The number of anilines is 1. The van der Waals surface area contributed by atoms with Gasteiger partial charge in [0.1, 0.15) is 11.9 Å². The van der Waals surface area contributed by atoms with E-state index in [0.717, 1.165) is 4.88 Å². The van der Waals surface area contributed by atoms with E-state index in [1.807, 2.05) is 6.07 Å². The van der Waals surface area contributed by atoms with Crippen LogP contribution >= 0.6 is 38.9 Å². The van der Waals surface area contributed by atoms with Crippen LogP contribution in [-0.2, 0) is 6.54 Å². The molecule has 2 aromatic rings. The maximum Gasteiger partial charge on any atom is 0.183 e. The van der Waals surface area contributed by atoms with Gasteiger partial charge in [0.25, 0.3) is 0 Å². The highest BCUT2D eigenvalue weighted by molar-refractivity contribution is 9.10. The number of hydrogen-bond donors (Lipinski definition) is 1. The fourth-order valence-electron chi connectivity index (χ4n) is 1.33. The maximum absolute atomic E-state index is 13.3. The van der Waals surface area contributed by atoms with E-state index >= 15 is 0 Å².